The van der Waals surface area contributed by atoms with Gasteiger partial charge in [0, 0.05) is 6.20 Å². The summed E-state index contributed by atoms with van der Waals surface area (Å²) in [7, 11) is 1.59. The van der Waals surface area contributed by atoms with Gasteiger partial charge in [-0.15, -0.1) is 11.6 Å². The lowest BCUT2D eigenvalue weighted by Gasteiger charge is -2.08. The summed E-state index contributed by atoms with van der Waals surface area (Å²) in [6, 6.07) is 7.34. The largest absolute Gasteiger partial charge is 0.493 e. The highest BCUT2D eigenvalue weighted by Crippen LogP contribution is 2.29. The Bertz CT molecular complexity index is 505. The summed E-state index contributed by atoms with van der Waals surface area (Å²) >= 11 is 5.68. The first kappa shape index (κ1) is 11.7. The Morgan fingerprint density at radius 1 is 1.18 bits per heavy atom. The molecule has 0 atom stereocenters. The maximum atomic E-state index is 5.68. The van der Waals surface area contributed by atoms with Crippen molar-refractivity contribution in [1.29, 1.82) is 0 Å². The topological polar surface area (TPSA) is 44.2 Å². The van der Waals surface area contributed by atoms with Crippen molar-refractivity contribution in [1.82, 2.24) is 9.97 Å². The van der Waals surface area contributed by atoms with Gasteiger partial charge in [-0.05, 0) is 12.1 Å². The van der Waals surface area contributed by atoms with Gasteiger partial charge in [0.1, 0.15) is 0 Å². The third-order valence-corrected chi connectivity index (χ3v) is 2.36. The van der Waals surface area contributed by atoms with Crippen LogP contribution in [0.15, 0.2) is 36.7 Å². The molecule has 0 aliphatic heterocycles. The van der Waals surface area contributed by atoms with Crippen LogP contribution in [0.25, 0.3) is 0 Å². The number of halogens is 1. The van der Waals surface area contributed by atoms with Crippen molar-refractivity contribution in [3.63, 3.8) is 0 Å². The van der Waals surface area contributed by atoms with Crippen LogP contribution in [0.4, 0.5) is 0 Å². The minimum Gasteiger partial charge on any atom is -0.493 e. The predicted octanol–water partition coefficient (Wildman–Crippen LogP) is 3.02. The van der Waals surface area contributed by atoms with E-state index in [1.807, 2.05) is 18.2 Å². The summed E-state index contributed by atoms with van der Waals surface area (Å²) in [5, 5.41) is 0. The van der Waals surface area contributed by atoms with Crippen molar-refractivity contribution in [2.24, 2.45) is 0 Å². The molecule has 5 heteroatoms. The molecule has 1 heterocycles. The Kier molecular flexibility index (Phi) is 3.77. The lowest BCUT2D eigenvalue weighted by molar-refractivity contribution is 0.373. The molecular formula is C12H11ClN2O2. The number of benzene rings is 1. The summed E-state index contributed by atoms with van der Waals surface area (Å²) in [6.07, 6.45) is 3.13. The predicted molar refractivity (Wildman–Crippen MR) is 64.7 cm³/mol. The van der Waals surface area contributed by atoms with Crippen molar-refractivity contribution >= 4 is 11.6 Å². The molecule has 0 unspecified atom stereocenters. The van der Waals surface area contributed by atoms with Crippen LogP contribution in [-0.2, 0) is 5.88 Å². The highest BCUT2D eigenvalue weighted by atomic mass is 35.5. The van der Waals surface area contributed by atoms with E-state index in [4.69, 9.17) is 21.1 Å². The van der Waals surface area contributed by atoms with E-state index in [1.165, 1.54) is 6.20 Å². The van der Waals surface area contributed by atoms with Crippen LogP contribution in [0.2, 0.25) is 0 Å². The van der Waals surface area contributed by atoms with E-state index in [-0.39, 0.29) is 0 Å². The number of ether oxygens (including phenoxy) is 2. The van der Waals surface area contributed by atoms with E-state index in [0.717, 1.165) is 0 Å². The fourth-order valence-electron chi connectivity index (χ4n) is 1.32. The molecule has 0 amide bonds. The average Bonchev–Trinajstić information content (AvgIpc) is 2.39. The van der Waals surface area contributed by atoms with Crippen LogP contribution in [0.5, 0.6) is 17.4 Å². The Balaban J connectivity index is 2.24. The number of nitrogens with zero attached hydrogens (tertiary/aromatic N) is 2. The number of aromatic nitrogens is 2. The van der Waals surface area contributed by atoms with Gasteiger partial charge in [-0.2, -0.15) is 0 Å². The molecule has 88 valence electrons. The maximum absolute atomic E-state index is 5.68. The first-order valence-corrected chi connectivity index (χ1v) is 5.54. The molecule has 4 nitrogen and oxygen atoms in total. The molecule has 0 bridgehead atoms. The van der Waals surface area contributed by atoms with Crippen molar-refractivity contribution in [3.05, 3.63) is 42.4 Å². The zero-order valence-corrected chi connectivity index (χ0v) is 10.0. The van der Waals surface area contributed by atoms with Gasteiger partial charge in [-0.25, -0.2) is 4.98 Å². The summed E-state index contributed by atoms with van der Waals surface area (Å²) < 4.78 is 10.8. The number of para-hydroxylation sites is 2. The van der Waals surface area contributed by atoms with Gasteiger partial charge in [-0.1, -0.05) is 12.1 Å². The number of alkyl halides is 1. The molecule has 0 aliphatic rings. The van der Waals surface area contributed by atoms with Crippen molar-refractivity contribution in [3.8, 4) is 17.4 Å². The van der Waals surface area contributed by atoms with Crippen LogP contribution in [-0.4, -0.2) is 17.1 Å². The van der Waals surface area contributed by atoms with Gasteiger partial charge in [0.25, 0.3) is 0 Å². The second kappa shape index (κ2) is 5.50. The Morgan fingerprint density at radius 3 is 2.65 bits per heavy atom. The van der Waals surface area contributed by atoms with Crippen LogP contribution in [0.3, 0.4) is 0 Å². The number of methoxy groups -OCH3 is 1. The third kappa shape index (κ3) is 2.85. The standard InChI is InChI=1S/C12H11ClN2O2/c1-16-10-4-2-3-5-11(10)17-12-8-14-7-9(6-13)15-12/h2-5,7-8H,6H2,1H3. The molecule has 0 saturated carbocycles. The summed E-state index contributed by atoms with van der Waals surface area (Å²) in [6.45, 7) is 0. The second-order valence-corrected chi connectivity index (χ2v) is 3.50. The first-order chi connectivity index (χ1) is 8.33. The zero-order valence-electron chi connectivity index (χ0n) is 9.26. The molecule has 0 radical (unpaired) electrons. The molecule has 0 N–H and O–H groups in total. The number of rotatable bonds is 4. The fourth-order valence-corrected chi connectivity index (χ4v) is 1.44. The van der Waals surface area contributed by atoms with Gasteiger partial charge in [0.15, 0.2) is 11.5 Å². The molecule has 0 saturated heterocycles. The molecule has 2 aromatic rings. The van der Waals surface area contributed by atoms with Crippen LogP contribution in [0.1, 0.15) is 5.69 Å². The van der Waals surface area contributed by atoms with E-state index in [9.17, 15) is 0 Å². The van der Waals surface area contributed by atoms with Crippen LogP contribution >= 0.6 is 11.6 Å². The Hall–Kier alpha value is -1.81. The van der Waals surface area contributed by atoms with Crippen LogP contribution in [0, 0.1) is 0 Å². The van der Waals surface area contributed by atoms with Crippen LogP contribution < -0.4 is 9.47 Å². The summed E-state index contributed by atoms with van der Waals surface area (Å²) in [4.78, 5) is 8.18. The van der Waals surface area contributed by atoms with Crippen molar-refractivity contribution < 1.29 is 9.47 Å². The molecule has 2 rings (SSSR count). The molecule has 1 aromatic heterocycles. The molecule has 0 aliphatic carbocycles. The normalized spacial score (nSPS) is 10.0. The van der Waals surface area contributed by atoms with Gasteiger partial charge in [0.2, 0.25) is 5.88 Å². The molecule has 0 fully saturated rings. The Morgan fingerprint density at radius 2 is 1.94 bits per heavy atom. The fraction of sp³-hybridized carbons (Fsp3) is 0.167. The summed E-state index contributed by atoms with van der Waals surface area (Å²) in [5.41, 5.74) is 0.666. The molecule has 17 heavy (non-hydrogen) atoms. The lowest BCUT2D eigenvalue weighted by Crippen LogP contribution is -1.94. The van der Waals surface area contributed by atoms with Crippen molar-refractivity contribution in [2.75, 3.05) is 7.11 Å². The monoisotopic (exact) mass is 250 g/mol. The highest BCUT2D eigenvalue weighted by molar-refractivity contribution is 6.16. The lowest BCUT2D eigenvalue weighted by atomic mass is 10.3. The maximum Gasteiger partial charge on any atom is 0.238 e. The van der Waals surface area contributed by atoms with E-state index < -0.39 is 0 Å². The molecular weight excluding hydrogens is 240 g/mol. The number of hydrogen-bond acceptors (Lipinski definition) is 4. The smallest absolute Gasteiger partial charge is 0.238 e. The molecule has 0 spiro atoms. The van der Waals surface area contributed by atoms with Gasteiger partial charge < -0.3 is 9.47 Å². The minimum atomic E-state index is 0.302. The van der Waals surface area contributed by atoms with E-state index in [0.29, 0.717) is 29.0 Å². The Labute approximate surface area is 104 Å². The SMILES string of the molecule is COc1ccccc1Oc1cncc(CCl)n1. The summed E-state index contributed by atoms with van der Waals surface area (Å²) in [5.74, 6) is 1.94. The van der Waals surface area contributed by atoms with Crippen molar-refractivity contribution in [2.45, 2.75) is 5.88 Å². The molecule has 1 aromatic carbocycles. The zero-order chi connectivity index (χ0) is 12.1. The third-order valence-electron chi connectivity index (χ3n) is 2.08. The van der Waals surface area contributed by atoms with E-state index >= 15 is 0 Å². The first-order valence-electron chi connectivity index (χ1n) is 5.01. The van der Waals surface area contributed by atoms with E-state index in [1.54, 1.807) is 19.4 Å². The average molecular weight is 251 g/mol. The van der Waals surface area contributed by atoms with E-state index in [2.05, 4.69) is 9.97 Å². The number of hydrogen-bond donors (Lipinski definition) is 0. The quantitative estimate of drug-likeness (QED) is 0.783. The second-order valence-electron chi connectivity index (χ2n) is 3.24. The van der Waals surface area contributed by atoms with Gasteiger partial charge >= 0.3 is 0 Å². The van der Waals surface area contributed by atoms with Gasteiger partial charge in [0.05, 0.1) is 24.9 Å². The highest BCUT2D eigenvalue weighted by Gasteiger charge is 2.05. The minimum absolute atomic E-state index is 0.302. The van der Waals surface area contributed by atoms with Gasteiger partial charge in [-0.3, -0.25) is 4.98 Å².